The average molecular weight is 415 g/mol. The van der Waals surface area contributed by atoms with Crippen LogP contribution in [0.1, 0.15) is 34.4 Å². The Hall–Kier alpha value is -3.20. The van der Waals surface area contributed by atoms with Crippen molar-refractivity contribution in [2.45, 2.75) is 26.9 Å². The van der Waals surface area contributed by atoms with Crippen LogP contribution in [-0.2, 0) is 20.9 Å². The Bertz CT molecular complexity index is 1020. The molecule has 1 aromatic carbocycles. The Balaban J connectivity index is 1.61. The van der Waals surface area contributed by atoms with E-state index >= 15 is 0 Å². The Morgan fingerprint density at radius 3 is 2.62 bits per heavy atom. The van der Waals surface area contributed by atoms with Gasteiger partial charge in [0.2, 0.25) is 0 Å². The molecule has 2 aromatic heterocycles. The quantitative estimate of drug-likeness (QED) is 0.558. The van der Waals surface area contributed by atoms with Gasteiger partial charge in [-0.1, -0.05) is 18.2 Å². The Morgan fingerprint density at radius 1 is 1.14 bits per heavy atom. The summed E-state index contributed by atoms with van der Waals surface area (Å²) >= 11 is 1.18. The molecular weight excluding hydrogens is 394 g/mol. The number of carbonyl (C=O) groups excluding carboxylic acids is 2. The number of carbonyl (C=O) groups is 2. The topological polar surface area (TPSA) is 114 Å². The van der Waals surface area contributed by atoms with Crippen molar-refractivity contribution in [2.24, 2.45) is 0 Å². The third-order valence-corrected chi connectivity index (χ3v) is 5.17. The highest BCUT2D eigenvalue weighted by Gasteiger charge is 2.20. The van der Waals surface area contributed by atoms with Gasteiger partial charge in [0, 0.05) is 0 Å². The summed E-state index contributed by atoms with van der Waals surface area (Å²) < 4.78 is 15.7. The molecule has 0 aliphatic heterocycles. The normalized spacial score (nSPS) is 10.7. The van der Waals surface area contributed by atoms with Gasteiger partial charge in [0.25, 0.3) is 0 Å². The van der Waals surface area contributed by atoms with Crippen LogP contribution < -0.4 is 10.5 Å². The van der Waals surface area contributed by atoms with E-state index in [1.807, 2.05) is 30.3 Å². The minimum Gasteiger partial charge on any atom is -0.493 e. The molecule has 9 heteroatoms. The number of nitrogens with two attached hydrogens (primary N) is 1. The maximum Gasteiger partial charge on any atom is 0.348 e. The van der Waals surface area contributed by atoms with Crippen molar-refractivity contribution in [1.29, 1.82) is 0 Å². The van der Waals surface area contributed by atoms with Crippen LogP contribution in [-0.4, -0.2) is 35.1 Å². The lowest BCUT2D eigenvalue weighted by atomic mass is 10.2. The van der Waals surface area contributed by atoms with Gasteiger partial charge in [0.15, 0.2) is 12.4 Å². The number of fused-ring (bicyclic) bond motifs is 1. The van der Waals surface area contributed by atoms with Crippen LogP contribution in [0.4, 0.5) is 5.82 Å². The number of nitrogens with zero attached hydrogens (tertiary/aromatic N) is 2. The molecule has 0 spiro atoms. The zero-order chi connectivity index (χ0) is 20.8. The minimum atomic E-state index is -0.433. The molecule has 0 unspecified atom stereocenters. The molecule has 8 nitrogen and oxygen atoms in total. The lowest BCUT2D eigenvalue weighted by Crippen LogP contribution is -2.11. The van der Waals surface area contributed by atoms with Crippen LogP contribution in [0.15, 0.2) is 30.3 Å². The molecule has 0 atom stereocenters. The van der Waals surface area contributed by atoms with Crippen LogP contribution in [0.5, 0.6) is 5.75 Å². The SMILES string of the molecule is CCOC(=O)c1sc2nc(COC(=O)CCOc3ccccc3)nc(N)c2c1C. The zero-order valence-corrected chi connectivity index (χ0v) is 17.0. The second-order valence-electron chi connectivity index (χ2n) is 6.05. The number of ether oxygens (including phenoxy) is 3. The molecule has 29 heavy (non-hydrogen) atoms. The molecular formula is C20H21N3O5S. The third kappa shape index (κ3) is 5.00. The monoisotopic (exact) mass is 415 g/mol. The number of rotatable bonds is 8. The molecule has 0 saturated carbocycles. The standard InChI is InChI=1S/C20H21N3O5S/c1-3-26-20(25)17-12(2)16-18(21)22-14(23-19(16)29-17)11-28-15(24)9-10-27-13-7-5-4-6-8-13/h4-8H,3,9-11H2,1-2H3,(H2,21,22,23). The van der Waals surface area contributed by atoms with Gasteiger partial charge in [-0.05, 0) is 31.5 Å². The Morgan fingerprint density at radius 2 is 1.90 bits per heavy atom. The van der Waals surface area contributed by atoms with E-state index in [9.17, 15) is 9.59 Å². The van der Waals surface area contributed by atoms with Crippen molar-refractivity contribution in [3.63, 3.8) is 0 Å². The molecule has 0 amide bonds. The number of esters is 2. The highest BCUT2D eigenvalue weighted by Crippen LogP contribution is 2.33. The smallest absolute Gasteiger partial charge is 0.348 e. The van der Waals surface area contributed by atoms with Gasteiger partial charge in [-0.25, -0.2) is 14.8 Å². The summed E-state index contributed by atoms with van der Waals surface area (Å²) in [7, 11) is 0. The molecule has 2 heterocycles. The molecule has 3 rings (SSSR count). The second kappa shape index (κ2) is 9.33. The molecule has 0 aliphatic rings. The molecule has 3 aromatic rings. The van der Waals surface area contributed by atoms with E-state index in [1.165, 1.54) is 11.3 Å². The number of thiophene rings is 1. The summed E-state index contributed by atoms with van der Waals surface area (Å²) in [6.45, 7) is 3.89. The molecule has 0 saturated heterocycles. The van der Waals surface area contributed by atoms with E-state index in [2.05, 4.69) is 9.97 Å². The van der Waals surface area contributed by atoms with Crippen LogP contribution in [0.3, 0.4) is 0 Å². The average Bonchev–Trinajstić information content (AvgIpc) is 3.04. The lowest BCUT2D eigenvalue weighted by molar-refractivity contribution is -0.145. The van der Waals surface area contributed by atoms with E-state index in [1.54, 1.807) is 13.8 Å². The van der Waals surface area contributed by atoms with Gasteiger partial charge < -0.3 is 19.9 Å². The number of aryl methyl sites for hydroxylation is 1. The number of aromatic nitrogens is 2. The first-order valence-corrected chi connectivity index (χ1v) is 9.87. The summed E-state index contributed by atoms with van der Waals surface area (Å²) in [5, 5.41) is 0.615. The molecule has 0 radical (unpaired) electrons. The predicted molar refractivity (Wildman–Crippen MR) is 109 cm³/mol. The first kappa shape index (κ1) is 20.5. The van der Waals surface area contributed by atoms with Crippen molar-refractivity contribution in [1.82, 2.24) is 9.97 Å². The van der Waals surface area contributed by atoms with Crippen molar-refractivity contribution in [3.8, 4) is 5.75 Å². The summed E-state index contributed by atoms with van der Waals surface area (Å²) in [5.41, 5.74) is 6.72. The molecule has 0 bridgehead atoms. The van der Waals surface area contributed by atoms with Crippen LogP contribution in [0.2, 0.25) is 0 Å². The molecule has 152 valence electrons. The summed E-state index contributed by atoms with van der Waals surface area (Å²) in [5.74, 6) is 0.339. The predicted octanol–water partition coefficient (Wildman–Crippen LogP) is 3.27. The first-order valence-electron chi connectivity index (χ1n) is 9.05. The first-order chi connectivity index (χ1) is 14.0. The fourth-order valence-corrected chi connectivity index (χ4v) is 3.76. The number of hydrogen-bond acceptors (Lipinski definition) is 9. The number of anilines is 1. The van der Waals surface area contributed by atoms with E-state index in [0.717, 1.165) is 0 Å². The summed E-state index contributed by atoms with van der Waals surface area (Å²) in [6, 6.07) is 9.21. The van der Waals surface area contributed by atoms with Crippen molar-refractivity contribution in [3.05, 3.63) is 46.6 Å². The number of hydrogen-bond donors (Lipinski definition) is 1. The van der Waals surface area contributed by atoms with Crippen molar-refractivity contribution >= 4 is 39.3 Å². The van der Waals surface area contributed by atoms with Crippen molar-refractivity contribution in [2.75, 3.05) is 18.9 Å². The molecule has 0 aliphatic carbocycles. The van der Waals surface area contributed by atoms with Crippen LogP contribution >= 0.6 is 11.3 Å². The number of benzene rings is 1. The van der Waals surface area contributed by atoms with Gasteiger partial charge in [0.1, 0.15) is 21.3 Å². The van der Waals surface area contributed by atoms with Crippen LogP contribution in [0, 0.1) is 6.92 Å². The third-order valence-electron chi connectivity index (χ3n) is 4.01. The molecule has 2 N–H and O–H groups in total. The van der Waals surface area contributed by atoms with Gasteiger partial charge >= 0.3 is 11.9 Å². The Labute approximate surface area is 171 Å². The van der Waals surface area contributed by atoms with E-state index in [4.69, 9.17) is 19.9 Å². The highest BCUT2D eigenvalue weighted by atomic mass is 32.1. The summed E-state index contributed by atoms with van der Waals surface area (Å²) in [6.07, 6.45) is 0.0950. The van der Waals surface area contributed by atoms with Crippen molar-refractivity contribution < 1.29 is 23.8 Å². The number of para-hydroxylation sites is 1. The zero-order valence-electron chi connectivity index (χ0n) is 16.1. The van der Waals surface area contributed by atoms with Gasteiger partial charge in [-0.15, -0.1) is 11.3 Å². The van der Waals surface area contributed by atoms with E-state index in [0.29, 0.717) is 26.4 Å². The highest BCUT2D eigenvalue weighted by molar-refractivity contribution is 7.20. The summed E-state index contributed by atoms with van der Waals surface area (Å²) in [4.78, 5) is 33.6. The van der Waals surface area contributed by atoms with E-state index < -0.39 is 11.9 Å². The number of nitrogen functional groups attached to an aromatic ring is 1. The molecule has 0 fully saturated rings. The fraction of sp³-hybridized carbons (Fsp3) is 0.300. The van der Waals surface area contributed by atoms with Gasteiger partial charge in [0.05, 0.1) is 25.0 Å². The minimum absolute atomic E-state index is 0.0950. The van der Waals surface area contributed by atoms with Gasteiger partial charge in [-0.3, -0.25) is 4.79 Å². The fourth-order valence-electron chi connectivity index (χ4n) is 2.66. The maximum absolute atomic E-state index is 12.1. The lowest BCUT2D eigenvalue weighted by Gasteiger charge is -2.07. The maximum atomic E-state index is 12.1. The van der Waals surface area contributed by atoms with Gasteiger partial charge in [-0.2, -0.15) is 0 Å². The second-order valence-corrected chi connectivity index (χ2v) is 7.05. The van der Waals surface area contributed by atoms with Crippen LogP contribution in [0.25, 0.3) is 10.2 Å². The largest absolute Gasteiger partial charge is 0.493 e. The Kier molecular flexibility index (Phi) is 6.61. The van der Waals surface area contributed by atoms with E-state index in [-0.39, 0.29) is 37.9 Å².